The molecule has 0 atom stereocenters. The highest BCUT2D eigenvalue weighted by molar-refractivity contribution is 14.0. The molecule has 2 aromatic rings. The highest BCUT2D eigenvalue weighted by Gasteiger charge is 2.24. The molecule has 142 valence electrons. The van der Waals surface area contributed by atoms with Gasteiger partial charge in [0.05, 0.1) is 6.54 Å². The number of aryl methyl sites for hydroxylation is 1. The maximum absolute atomic E-state index is 6.28. The van der Waals surface area contributed by atoms with Crippen LogP contribution >= 0.6 is 35.3 Å². The van der Waals surface area contributed by atoms with Crippen LogP contribution in [0, 0.1) is 6.92 Å². The number of benzene rings is 1. The Morgan fingerprint density at radius 1 is 1.23 bits per heavy atom. The van der Waals surface area contributed by atoms with Crippen LogP contribution in [-0.2, 0) is 5.41 Å². The topological polar surface area (TPSA) is 57.8 Å². The third-order valence-corrected chi connectivity index (χ3v) is 5.64. The summed E-state index contributed by atoms with van der Waals surface area (Å²) in [5.41, 5.74) is 8.89. The number of guanidine groups is 1. The van der Waals surface area contributed by atoms with Crippen molar-refractivity contribution in [1.82, 2.24) is 9.88 Å². The Balaban J connectivity index is 0.00000243. The third-order valence-electron chi connectivity index (χ3n) is 4.80. The van der Waals surface area contributed by atoms with Crippen LogP contribution in [0.2, 0.25) is 0 Å². The predicted molar refractivity (Wildman–Crippen MR) is 122 cm³/mol. The fraction of sp³-hybridized carbons (Fsp3) is 0.474. The van der Waals surface area contributed by atoms with Crippen LogP contribution in [0.5, 0.6) is 0 Å². The molecule has 0 spiro atoms. The molecular formula is C19H28IN5S. The Morgan fingerprint density at radius 2 is 1.92 bits per heavy atom. The molecule has 1 aromatic carbocycles. The van der Waals surface area contributed by atoms with Gasteiger partial charge < -0.3 is 15.5 Å². The summed E-state index contributed by atoms with van der Waals surface area (Å²) in [6.07, 6.45) is 1.86. The number of rotatable bonds is 4. The quantitative estimate of drug-likeness (QED) is 0.410. The lowest BCUT2D eigenvalue weighted by atomic mass is 9.82. The van der Waals surface area contributed by atoms with Gasteiger partial charge in [0.2, 0.25) is 0 Å². The van der Waals surface area contributed by atoms with Crippen LogP contribution < -0.4 is 10.6 Å². The molecule has 0 radical (unpaired) electrons. The molecule has 0 saturated carbocycles. The molecule has 7 heteroatoms. The smallest absolute Gasteiger partial charge is 0.191 e. The summed E-state index contributed by atoms with van der Waals surface area (Å²) < 4.78 is 0. The number of aromatic nitrogens is 1. The van der Waals surface area contributed by atoms with E-state index in [0.717, 1.165) is 31.3 Å². The van der Waals surface area contributed by atoms with Crippen molar-refractivity contribution < 1.29 is 0 Å². The van der Waals surface area contributed by atoms with E-state index < -0.39 is 0 Å². The van der Waals surface area contributed by atoms with Gasteiger partial charge in [0, 0.05) is 43.2 Å². The van der Waals surface area contributed by atoms with Gasteiger partial charge >= 0.3 is 0 Å². The van der Waals surface area contributed by atoms with Crippen molar-refractivity contribution in [1.29, 1.82) is 0 Å². The highest BCUT2D eigenvalue weighted by atomic mass is 127. The van der Waals surface area contributed by atoms with E-state index in [1.54, 1.807) is 11.3 Å². The minimum absolute atomic E-state index is 0. The van der Waals surface area contributed by atoms with Crippen LogP contribution in [0.3, 0.4) is 0 Å². The van der Waals surface area contributed by atoms with Crippen LogP contribution in [0.4, 0.5) is 5.13 Å². The second kappa shape index (κ2) is 9.03. The highest BCUT2D eigenvalue weighted by Crippen LogP contribution is 2.26. The minimum Gasteiger partial charge on any atom is -0.370 e. The zero-order valence-corrected chi connectivity index (χ0v) is 18.8. The molecule has 0 amide bonds. The van der Waals surface area contributed by atoms with E-state index in [1.807, 2.05) is 11.6 Å². The van der Waals surface area contributed by atoms with Gasteiger partial charge in [0.25, 0.3) is 0 Å². The second-order valence-corrected chi connectivity index (χ2v) is 8.04. The van der Waals surface area contributed by atoms with E-state index in [9.17, 15) is 0 Å². The molecule has 1 aliphatic heterocycles. The normalized spacial score (nSPS) is 15.7. The summed E-state index contributed by atoms with van der Waals surface area (Å²) in [7, 11) is 0. The molecule has 1 aromatic heterocycles. The summed E-state index contributed by atoms with van der Waals surface area (Å²) in [5, 5.41) is 3.11. The number of hydrogen-bond donors (Lipinski definition) is 1. The lowest BCUT2D eigenvalue weighted by Gasteiger charge is -2.35. The molecule has 26 heavy (non-hydrogen) atoms. The lowest BCUT2D eigenvalue weighted by molar-refractivity contribution is 0.378. The van der Waals surface area contributed by atoms with Gasteiger partial charge in [-0.1, -0.05) is 38.1 Å². The SMILES string of the molecule is Cc1ccccc1C(C)(C)CN=C(N)N1CCN(c2nccs2)CC1.I. The standard InChI is InChI=1S/C19H27N5S.HI/c1-15-6-4-5-7-16(15)19(2,3)14-22-17(20)23-9-11-24(12-10-23)18-21-8-13-25-18;/h4-8,13H,9-12,14H2,1-3H3,(H2,20,22);1H. The largest absolute Gasteiger partial charge is 0.370 e. The van der Waals surface area contributed by atoms with E-state index in [2.05, 4.69) is 59.8 Å². The number of thiazole rings is 1. The summed E-state index contributed by atoms with van der Waals surface area (Å²) in [5.74, 6) is 0.653. The van der Waals surface area contributed by atoms with E-state index in [0.29, 0.717) is 12.5 Å². The number of aliphatic imine (C=N–C) groups is 1. The van der Waals surface area contributed by atoms with Gasteiger partial charge in [-0.2, -0.15) is 0 Å². The van der Waals surface area contributed by atoms with Crippen molar-refractivity contribution in [2.45, 2.75) is 26.2 Å². The Kier molecular flexibility index (Phi) is 7.28. The van der Waals surface area contributed by atoms with E-state index in [1.165, 1.54) is 11.1 Å². The number of hydrogen-bond acceptors (Lipinski definition) is 4. The van der Waals surface area contributed by atoms with Crippen molar-refractivity contribution in [3.8, 4) is 0 Å². The van der Waals surface area contributed by atoms with Crippen LogP contribution in [0.15, 0.2) is 40.8 Å². The first kappa shape index (κ1) is 21.0. The molecule has 3 rings (SSSR count). The van der Waals surface area contributed by atoms with Crippen molar-refractivity contribution >= 4 is 46.4 Å². The molecular weight excluding hydrogens is 457 g/mol. The van der Waals surface area contributed by atoms with E-state index >= 15 is 0 Å². The van der Waals surface area contributed by atoms with E-state index in [-0.39, 0.29) is 29.4 Å². The van der Waals surface area contributed by atoms with Crippen molar-refractivity contribution in [2.75, 3.05) is 37.6 Å². The zero-order chi connectivity index (χ0) is 17.9. The van der Waals surface area contributed by atoms with Gasteiger partial charge in [-0.15, -0.1) is 35.3 Å². The zero-order valence-electron chi connectivity index (χ0n) is 15.7. The Labute approximate surface area is 177 Å². The van der Waals surface area contributed by atoms with Crippen LogP contribution in [0.25, 0.3) is 0 Å². The molecule has 0 aliphatic carbocycles. The maximum Gasteiger partial charge on any atom is 0.191 e. The number of nitrogens with zero attached hydrogens (tertiary/aromatic N) is 4. The molecule has 1 fully saturated rings. The number of anilines is 1. The fourth-order valence-corrected chi connectivity index (χ4v) is 3.99. The van der Waals surface area contributed by atoms with Gasteiger partial charge in [-0.05, 0) is 18.1 Å². The summed E-state index contributed by atoms with van der Waals surface area (Å²) in [4.78, 5) is 13.6. The Bertz CT molecular complexity index is 721. The van der Waals surface area contributed by atoms with Gasteiger partial charge in [0.15, 0.2) is 11.1 Å². The number of nitrogens with two attached hydrogens (primary N) is 1. The number of halogens is 1. The Hall–Kier alpha value is -1.35. The Morgan fingerprint density at radius 3 is 2.54 bits per heavy atom. The second-order valence-electron chi connectivity index (χ2n) is 7.16. The average Bonchev–Trinajstić information content (AvgIpc) is 3.15. The summed E-state index contributed by atoms with van der Waals surface area (Å²) >= 11 is 1.69. The van der Waals surface area contributed by atoms with Crippen molar-refractivity contribution in [3.63, 3.8) is 0 Å². The minimum atomic E-state index is -0.0291. The lowest BCUT2D eigenvalue weighted by Crippen LogP contribution is -2.51. The first-order chi connectivity index (χ1) is 12.0. The predicted octanol–water partition coefficient (Wildman–Crippen LogP) is 3.48. The van der Waals surface area contributed by atoms with Gasteiger partial charge in [-0.25, -0.2) is 4.98 Å². The molecule has 1 saturated heterocycles. The van der Waals surface area contributed by atoms with Crippen molar-refractivity contribution in [2.24, 2.45) is 10.7 Å². The average molecular weight is 485 g/mol. The third kappa shape index (κ3) is 4.88. The molecule has 0 bridgehead atoms. The van der Waals surface area contributed by atoms with E-state index in [4.69, 9.17) is 10.7 Å². The van der Waals surface area contributed by atoms with Crippen molar-refractivity contribution in [3.05, 3.63) is 47.0 Å². The molecule has 1 aliphatic rings. The first-order valence-electron chi connectivity index (χ1n) is 8.73. The maximum atomic E-state index is 6.28. The van der Waals surface area contributed by atoms with Crippen LogP contribution in [0.1, 0.15) is 25.0 Å². The molecule has 0 unspecified atom stereocenters. The summed E-state index contributed by atoms with van der Waals surface area (Å²) in [6.45, 7) is 11.0. The molecule has 2 N–H and O–H groups in total. The monoisotopic (exact) mass is 485 g/mol. The first-order valence-corrected chi connectivity index (χ1v) is 9.61. The summed E-state index contributed by atoms with van der Waals surface area (Å²) in [6, 6.07) is 8.51. The fourth-order valence-electron chi connectivity index (χ4n) is 3.29. The van der Waals surface area contributed by atoms with Crippen LogP contribution in [-0.4, -0.2) is 48.6 Å². The van der Waals surface area contributed by atoms with Gasteiger partial charge in [-0.3, -0.25) is 4.99 Å². The number of piperazine rings is 1. The molecule has 5 nitrogen and oxygen atoms in total. The van der Waals surface area contributed by atoms with Gasteiger partial charge in [0.1, 0.15) is 0 Å². The molecule has 2 heterocycles.